The molecule has 0 saturated heterocycles. The topological polar surface area (TPSA) is 150 Å². The van der Waals surface area contributed by atoms with E-state index in [1.807, 2.05) is 38.1 Å². The molecule has 4 rings (SSSR count). The molecule has 0 saturated carbocycles. The van der Waals surface area contributed by atoms with E-state index in [9.17, 15) is 13.2 Å². The normalized spacial score (nSPS) is 15.8. The smallest absolute Gasteiger partial charge is 0.307 e. The van der Waals surface area contributed by atoms with Gasteiger partial charge in [-0.25, -0.2) is 5.14 Å². The second-order valence-electron chi connectivity index (χ2n) is 10.8. The molecule has 10 nitrogen and oxygen atoms in total. The van der Waals surface area contributed by atoms with E-state index >= 15 is 0 Å². The lowest BCUT2D eigenvalue weighted by atomic mass is 10.0. The molecule has 3 aromatic carbocycles. The van der Waals surface area contributed by atoms with Gasteiger partial charge in [-0.05, 0) is 92.8 Å². The Labute approximate surface area is 283 Å². The number of nitrogens with one attached hydrogen (secondary N) is 1. The summed E-state index contributed by atoms with van der Waals surface area (Å²) in [6.07, 6.45) is 4.83. The molecule has 1 aliphatic carbocycles. The molecular weight excluding hydrogens is 630 g/mol. The van der Waals surface area contributed by atoms with E-state index in [0.29, 0.717) is 34.8 Å². The van der Waals surface area contributed by atoms with Crippen LogP contribution in [0.1, 0.15) is 68.9 Å². The van der Waals surface area contributed by atoms with Crippen LogP contribution >= 0.6 is 0 Å². The molecule has 48 heavy (non-hydrogen) atoms. The first kappa shape index (κ1) is 37.7. The summed E-state index contributed by atoms with van der Waals surface area (Å²) in [7, 11) is -2.33. The van der Waals surface area contributed by atoms with Gasteiger partial charge in [0.15, 0.2) is 0 Å². The standard InChI is InChI=1S/C28H31N3O6S.C9H12O/c1-4-23-24(26(5-2)36-21-11-7-19(18-29)8-12-21)15-16-27(23)37-22-13-9-20(10-14-22)25(31-38(30,33)34)17-28(32)35-6-3;1-8(10-2)9-6-4-3-5-7-9/h4-5,7-14,25,27,31H,1,6,15-17H2,2-3H3,(H2,30,33,34);3-8H,1-2H3/b26-5+;. The van der Waals surface area contributed by atoms with Gasteiger partial charge in [-0.1, -0.05) is 55.1 Å². The molecular formula is C37H43N3O7S. The van der Waals surface area contributed by atoms with Crippen molar-refractivity contribution in [3.8, 4) is 17.6 Å². The Morgan fingerprint density at radius 3 is 2.25 bits per heavy atom. The predicted octanol–water partition coefficient (Wildman–Crippen LogP) is 6.75. The summed E-state index contributed by atoms with van der Waals surface area (Å²) in [6, 6.07) is 25.1. The van der Waals surface area contributed by atoms with Gasteiger partial charge in [-0.2, -0.15) is 18.4 Å². The summed E-state index contributed by atoms with van der Waals surface area (Å²) in [5, 5.41) is 14.1. The van der Waals surface area contributed by atoms with Gasteiger partial charge >= 0.3 is 5.97 Å². The van der Waals surface area contributed by atoms with Crippen molar-refractivity contribution in [3.05, 3.63) is 131 Å². The van der Waals surface area contributed by atoms with Crippen LogP contribution in [0.25, 0.3) is 0 Å². The minimum Gasteiger partial charge on any atom is -0.486 e. The molecule has 0 amide bonds. The van der Waals surface area contributed by atoms with Gasteiger partial charge < -0.3 is 18.9 Å². The van der Waals surface area contributed by atoms with E-state index in [1.54, 1.807) is 68.6 Å². The first-order valence-electron chi connectivity index (χ1n) is 15.5. The summed E-state index contributed by atoms with van der Waals surface area (Å²) in [5.41, 5.74) is 4.22. The Balaban J connectivity index is 0.000000533. The Morgan fingerprint density at radius 1 is 1.06 bits per heavy atom. The van der Waals surface area contributed by atoms with E-state index in [4.69, 9.17) is 29.3 Å². The number of allylic oxidation sites excluding steroid dienone is 2. The predicted molar refractivity (Wildman–Crippen MR) is 185 cm³/mol. The molecule has 0 heterocycles. The van der Waals surface area contributed by atoms with Crippen LogP contribution < -0.4 is 19.3 Å². The van der Waals surface area contributed by atoms with Gasteiger partial charge in [0.25, 0.3) is 10.2 Å². The highest BCUT2D eigenvalue weighted by Gasteiger charge is 2.28. The number of nitrogens with zero attached hydrogens (tertiary/aromatic N) is 1. The van der Waals surface area contributed by atoms with Crippen LogP contribution in [-0.2, 0) is 24.5 Å². The molecule has 0 bridgehead atoms. The maximum Gasteiger partial charge on any atom is 0.307 e. The van der Waals surface area contributed by atoms with E-state index in [-0.39, 0.29) is 25.2 Å². The number of nitriles is 1. The van der Waals surface area contributed by atoms with Crippen molar-refractivity contribution in [1.29, 1.82) is 5.26 Å². The molecule has 11 heteroatoms. The lowest BCUT2D eigenvalue weighted by Gasteiger charge is -2.19. The molecule has 3 atom stereocenters. The van der Waals surface area contributed by atoms with Crippen LogP contribution in [0.5, 0.6) is 11.5 Å². The number of ether oxygens (including phenoxy) is 4. The zero-order valence-corrected chi connectivity index (χ0v) is 28.5. The van der Waals surface area contributed by atoms with Crippen LogP contribution in [0.15, 0.2) is 114 Å². The fourth-order valence-electron chi connectivity index (χ4n) is 5.05. The van der Waals surface area contributed by atoms with Crippen molar-refractivity contribution in [2.75, 3.05) is 13.7 Å². The van der Waals surface area contributed by atoms with Crippen molar-refractivity contribution in [2.45, 2.75) is 58.3 Å². The highest BCUT2D eigenvalue weighted by molar-refractivity contribution is 7.87. The van der Waals surface area contributed by atoms with Crippen LogP contribution in [0, 0.1) is 11.3 Å². The highest BCUT2D eigenvalue weighted by atomic mass is 32.2. The molecule has 3 N–H and O–H groups in total. The summed E-state index contributed by atoms with van der Waals surface area (Å²) < 4.78 is 47.9. The monoisotopic (exact) mass is 673 g/mol. The zero-order chi connectivity index (χ0) is 35.1. The fraction of sp³-hybridized carbons (Fsp3) is 0.297. The number of benzene rings is 3. The highest BCUT2D eigenvalue weighted by Crippen LogP contribution is 2.36. The number of esters is 1. The van der Waals surface area contributed by atoms with E-state index in [1.165, 1.54) is 5.56 Å². The third-order valence-electron chi connectivity index (χ3n) is 7.51. The Hall–Kier alpha value is -4.73. The van der Waals surface area contributed by atoms with Crippen LogP contribution in [-0.4, -0.2) is 34.2 Å². The van der Waals surface area contributed by atoms with Gasteiger partial charge in [-0.15, -0.1) is 0 Å². The van der Waals surface area contributed by atoms with Crippen molar-refractivity contribution in [3.63, 3.8) is 0 Å². The fourth-order valence-corrected chi connectivity index (χ4v) is 5.66. The molecule has 3 aromatic rings. The number of nitrogens with two attached hydrogens (primary N) is 1. The molecule has 1 aliphatic rings. The quantitative estimate of drug-likeness (QED) is 0.141. The largest absolute Gasteiger partial charge is 0.486 e. The van der Waals surface area contributed by atoms with Crippen molar-refractivity contribution >= 4 is 16.2 Å². The number of hydrogen-bond acceptors (Lipinski definition) is 8. The molecule has 254 valence electrons. The van der Waals surface area contributed by atoms with Crippen molar-refractivity contribution in [2.24, 2.45) is 5.14 Å². The maximum absolute atomic E-state index is 12.0. The Bertz CT molecular complexity index is 1710. The van der Waals surface area contributed by atoms with Crippen LogP contribution in [0.4, 0.5) is 0 Å². The first-order chi connectivity index (χ1) is 23.0. The van der Waals surface area contributed by atoms with Gasteiger partial charge in [0, 0.05) is 12.7 Å². The number of methoxy groups -OCH3 is 1. The van der Waals surface area contributed by atoms with Crippen LogP contribution in [0.2, 0.25) is 0 Å². The van der Waals surface area contributed by atoms with E-state index in [2.05, 4.69) is 29.5 Å². The minimum absolute atomic E-state index is 0.184. The number of rotatable bonds is 14. The Kier molecular flexibility index (Phi) is 14.6. The lowest BCUT2D eigenvalue weighted by molar-refractivity contribution is -0.143. The average Bonchev–Trinajstić information content (AvgIpc) is 3.49. The summed E-state index contributed by atoms with van der Waals surface area (Å²) in [6.45, 7) is 9.75. The number of hydrogen-bond donors (Lipinski definition) is 2. The second-order valence-corrected chi connectivity index (χ2v) is 12.1. The van der Waals surface area contributed by atoms with E-state index < -0.39 is 22.2 Å². The summed E-state index contributed by atoms with van der Waals surface area (Å²) in [4.78, 5) is 12.0. The molecule has 0 radical (unpaired) electrons. The SMILES string of the molecule is C=CC1=C(/C(=C\C)Oc2ccc(C#N)cc2)CCC1Oc1ccc(C(CC(=O)OCC)NS(N)(=O)=O)cc1.COC(C)c1ccccc1. The van der Waals surface area contributed by atoms with Gasteiger partial charge in [0.05, 0.1) is 36.8 Å². The summed E-state index contributed by atoms with van der Waals surface area (Å²) in [5.74, 6) is 1.34. The molecule has 0 fully saturated rings. The van der Waals surface area contributed by atoms with Crippen molar-refractivity contribution in [1.82, 2.24) is 4.72 Å². The zero-order valence-electron chi connectivity index (χ0n) is 27.7. The third-order valence-corrected chi connectivity index (χ3v) is 8.12. The Morgan fingerprint density at radius 2 is 1.71 bits per heavy atom. The molecule has 0 aliphatic heterocycles. The van der Waals surface area contributed by atoms with Crippen LogP contribution in [0.3, 0.4) is 0 Å². The number of carbonyl (C=O) groups excluding carboxylic acids is 1. The second kappa shape index (κ2) is 18.6. The number of carbonyl (C=O) groups is 1. The molecule has 0 aromatic heterocycles. The summed E-state index contributed by atoms with van der Waals surface area (Å²) >= 11 is 0. The lowest BCUT2D eigenvalue weighted by Crippen LogP contribution is -2.35. The third kappa shape index (κ3) is 11.5. The maximum atomic E-state index is 12.0. The van der Waals surface area contributed by atoms with Gasteiger partial charge in [0.1, 0.15) is 23.4 Å². The van der Waals surface area contributed by atoms with Gasteiger partial charge in [0.2, 0.25) is 0 Å². The van der Waals surface area contributed by atoms with Gasteiger partial charge in [-0.3, -0.25) is 4.79 Å². The molecule has 0 spiro atoms. The minimum atomic E-state index is -4.05. The first-order valence-corrected chi connectivity index (χ1v) is 17.1. The average molecular weight is 674 g/mol. The van der Waals surface area contributed by atoms with Crippen molar-refractivity contribution < 1.29 is 32.2 Å². The van der Waals surface area contributed by atoms with E-state index in [0.717, 1.165) is 17.6 Å². The molecule has 3 unspecified atom stereocenters.